The van der Waals surface area contributed by atoms with E-state index in [1.165, 1.54) is 17.6 Å². The molecule has 0 aliphatic heterocycles. The van der Waals surface area contributed by atoms with Crippen LogP contribution in [0.15, 0.2) is 95.4 Å². The highest BCUT2D eigenvalue weighted by molar-refractivity contribution is 7.12. The first-order chi connectivity index (χ1) is 17.5. The molecule has 0 saturated carbocycles. The zero-order valence-corrected chi connectivity index (χ0v) is 20.8. The second-order valence-corrected chi connectivity index (χ2v) is 8.97. The van der Waals surface area contributed by atoms with E-state index >= 15 is 0 Å². The molecule has 0 spiro atoms. The van der Waals surface area contributed by atoms with Gasteiger partial charge in [-0.3, -0.25) is 4.79 Å². The molecule has 4 rings (SSSR count). The van der Waals surface area contributed by atoms with Gasteiger partial charge in [-0.25, -0.2) is 10.2 Å². The molecule has 1 N–H and O–H groups in total. The van der Waals surface area contributed by atoms with Crippen LogP contribution < -0.4 is 19.6 Å². The largest absolute Gasteiger partial charge is 0.446 e. The van der Waals surface area contributed by atoms with Gasteiger partial charge in [0, 0.05) is 10.0 Å². The van der Waals surface area contributed by atoms with E-state index in [0.29, 0.717) is 37.7 Å². The number of ether oxygens (including phenoxy) is 3. The van der Waals surface area contributed by atoms with E-state index in [1.54, 1.807) is 90.3 Å². The lowest BCUT2D eigenvalue weighted by molar-refractivity contribution is -0.140. The topological polar surface area (TPSA) is 86.2 Å². The standard InChI is InChI=1S/C26H18Cl2N2O5S/c27-18-5-11-21(12-6-18)34-26(35-22-13-7-19(28)8-14-22)24(31)30-29-16-17-3-9-20(10-4-17)33-25(32)23-2-1-15-36-23/h1-16,26H,(H,30,31)/b29-16+. The van der Waals surface area contributed by atoms with Crippen LogP contribution in [-0.4, -0.2) is 24.4 Å². The monoisotopic (exact) mass is 540 g/mol. The number of nitrogens with zero attached hydrogens (tertiary/aromatic N) is 1. The third-order valence-electron chi connectivity index (χ3n) is 4.53. The van der Waals surface area contributed by atoms with Gasteiger partial charge >= 0.3 is 18.2 Å². The minimum absolute atomic E-state index is 0.380. The number of benzene rings is 3. The number of amides is 1. The summed E-state index contributed by atoms with van der Waals surface area (Å²) >= 11 is 13.1. The molecule has 0 atom stereocenters. The van der Waals surface area contributed by atoms with E-state index in [4.69, 9.17) is 37.4 Å². The van der Waals surface area contributed by atoms with Crippen LogP contribution in [0.3, 0.4) is 0 Å². The van der Waals surface area contributed by atoms with Gasteiger partial charge in [-0.05, 0) is 89.8 Å². The summed E-state index contributed by atoms with van der Waals surface area (Å²) in [5.41, 5.74) is 3.07. The quantitative estimate of drug-likeness (QED) is 0.0896. The first-order valence-corrected chi connectivity index (χ1v) is 12.1. The molecule has 0 fully saturated rings. The molecular weight excluding hydrogens is 523 g/mol. The number of thiophene rings is 1. The zero-order chi connectivity index (χ0) is 25.3. The lowest BCUT2D eigenvalue weighted by Crippen LogP contribution is -2.40. The summed E-state index contributed by atoms with van der Waals surface area (Å²) in [6, 6.07) is 23.1. The third-order valence-corrected chi connectivity index (χ3v) is 5.88. The second kappa shape index (κ2) is 12.2. The Morgan fingerprint density at radius 1 is 0.806 bits per heavy atom. The number of rotatable bonds is 9. The molecule has 0 aliphatic carbocycles. The van der Waals surface area contributed by atoms with E-state index in [0.717, 1.165) is 0 Å². The van der Waals surface area contributed by atoms with Gasteiger partial charge in [0.25, 0.3) is 0 Å². The molecule has 0 bridgehead atoms. The van der Waals surface area contributed by atoms with E-state index in [2.05, 4.69) is 10.5 Å². The highest BCUT2D eigenvalue weighted by Crippen LogP contribution is 2.21. The van der Waals surface area contributed by atoms with Crippen LogP contribution in [-0.2, 0) is 4.79 Å². The second-order valence-electron chi connectivity index (χ2n) is 7.15. The third kappa shape index (κ3) is 7.32. The molecule has 36 heavy (non-hydrogen) atoms. The summed E-state index contributed by atoms with van der Waals surface area (Å²) in [5, 5.41) is 6.83. The molecule has 1 heterocycles. The fourth-order valence-corrected chi connectivity index (χ4v) is 3.65. The van der Waals surface area contributed by atoms with Gasteiger partial charge in [0.2, 0.25) is 0 Å². The Labute approximate surface area is 220 Å². The van der Waals surface area contributed by atoms with Gasteiger partial charge in [-0.2, -0.15) is 5.10 Å². The normalized spacial score (nSPS) is 10.9. The number of hydrogen-bond acceptors (Lipinski definition) is 7. The van der Waals surface area contributed by atoms with Gasteiger partial charge in [0.15, 0.2) is 0 Å². The fourth-order valence-electron chi connectivity index (χ4n) is 2.80. The predicted molar refractivity (Wildman–Crippen MR) is 139 cm³/mol. The van der Waals surface area contributed by atoms with E-state index in [1.807, 2.05) is 0 Å². The van der Waals surface area contributed by atoms with Crippen molar-refractivity contribution in [2.75, 3.05) is 0 Å². The Bertz CT molecular complexity index is 1280. The molecule has 182 valence electrons. The molecule has 0 aliphatic rings. The lowest BCUT2D eigenvalue weighted by atomic mass is 10.2. The molecular formula is C26H18Cl2N2O5S. The molecule has 4 aromatic rings. The Morgan fingerprint density at radius 2 is 1.36 bits per heavy atom. The highest BCUT2D eigenvalue weighted by atomic mass is 35.5. The summed E-state index contributed by atoms with van der Waals surface area (Å²) < 4.78 is 16.7. The Morgan fingerprint density at radius 3 is 1.89 bits per heavy atom. The number of carbonyl (C=O) groups is 2. The van der Waals surface area contributed by atoms with Gasteiger partial charge in [-0.15, -0.1) is 11.3 Å². The molecule has 0 saturated heterocycles. The first kappa shape index (κ1) is 25.2. The first-order valence-electron chi connectivity index (χ1n) is 10.5. The van der Waals surface area contributed by atoms with Gasteiger partial charge in [-0.1, -0.05) is 29.3 Å². The van der Waals surface area contributed by atoms with E-state index in [9.17, 15) is 9.59 Å². The predicted octanol–water partition coefficient (Wildman–Crippen LogP) is 6.21. The summed E-state index contributed by atoms with van der Waals surface area (Å²) in [6.07, 6.45) is 0.0910. The molecule has 1 aromatic heterocycles. The molecule has 3 aromatic carbocycles. The summed E-state index contributed by atoms with van der Waals surface area (Å²) in [4.78, 5) is 25.3. The SMILES string of the molecule is O=C(Oc1ccc(/C=N/NC(=O)C(Oc2ccc(Cl)cc2)Oc2ccc(Cl)cc2)cc1)c1cccs1. The average molecular weight is 541 g/mol. The van der Waals surface area contributed by atoms with Crippen LogP contribution in [0.25, 0.3) is 0 Å². The van der Waals surface area contributed by atoms with Crippen molar-refractivity contribution in [1.29, 1.82) is 0 Å². The van der Waals surface area contributed by atoms with Crippen molar-refractivity contribution < 1.29 is 23.8 Å². The molecule has 0 unspecified atom stereocenters. The van der Waals surface area contributed by atoms with Crippen LogP contribution in [0.1, 0.15) is 15.2 Å². The Balaban J connectivity index is 1.38. The number of carbonyl (C=O) groups excluding carboxylic acids is 2. The van der Waals surface area contributed by atoms with Crippen LogP contribution >= 0.6 is 34.5 Å². The van der Waals surface area contributed by atoms with Crippen molar-refractivity contribution in [1.82, 2.24) is 5.43 Å². The maximum absolute atomic E-state index is 12.8. The number of hydrogen-bond donors (Lipinski definition) is 1. The fraction of sp³-hybridized carbons (Fsp3) is 0.0385. The van der Waals surface area contributed by atoms with Crippen LogP contribution in [0.5, 0.6) is 17.2 Å². The average Bonchev–Trinajstić information content (AvgIpc) is 3.43. The van der Waals surface area contributed by atoms with Crippen LogP contribution in [0, 0.1) is 0 Å². The zero-order valence-electron chi connectivity index (χ0n) is 18.5. The van der Waals surface area contributed by atoms with Crippen LogP contribution in [0.4, 0.5) is 0 Å². The lowest BCUT2D eigenvalue weighted by Gasteiger charge is -2.19. The van der Waals surface area contributed by atoms with Crippen molar-refractivity contribution in [3.63, 3.8) is 0 Å². The number of hydrazone groups is 1. The summed E-state index contributed by atoms with van der Waals surface area (Å²) in [6.45, 7) is 0. The number of halogens is 2. The summed E-state index contributed by atoms with van der Waals surface area (Å²) in [7, 11) is 0. The van der Waals surface area contributed by atoms with Crippen molar-refractivity contribution in [2.24, 2.45) is 5.10 Å². The maximum Gasteiger partial charge on any atom is 0.353 e. The summed E-state index contributed by atoms with van der Waals surface area (Å²) in [5.74, 6) is 0.0847. The number of esters is 1. The van der Waals surface area contributed by atoms with Crippen molar-refractivity contribution in [2.45, 2.75) is 6.29 Å². The smallest absolute Gasteiger partial charge is 0.353 e. The molecule has 10 heteroatoms. The van der Waals surface area contributed by atoms with E-state index < -0.39 is 18.2 Å². The minimum atomic E-state index is -1.34. The Hall–Kier alpha value is -3.85. The van der Waals surface area contributed by atoms with Gasteiger partial charge in [0.1, 0.15) is 22.1 Å². The minimum Gasteiger partial charge on any atom is -0.446 e. The number of nitrogens with one attached hydrogen (secondary N) is 1. The maximum atomic E-state index is 12.8. The highest BCUT2D eigenvalue weighted by Gasteiger charge is 2.22. The molecule has 7 nitrogen and oxygen atoms in total. The molecule has 0 radical (unpaired) electrons. The van der Waals surface area contributed by atoms with Crippen molar-refractivity contribution in [3.05, 3.63) is 111 Å². The Kier molecular flexibility index (Phi) is 8.57. The van der Waals surface area contributed by atoms with Gasteiger partial charge in [0.05, 0.1) is 6.21 Å². The molecule has 1 amide bonds. The van der Waals surface area contributed by atoms with Crippen molar-refractivity contribution >= 4 is 52.6 Å². The van der Waals surface area contributed by atoms with Crippen LogP contribution in [0.2, 0.25) is 10.0 Å². The van der Waals surface area contributed by atoms with Gasteiger partial charge < -0.3 is 14.2 Å². The van der Waals surface area contributed by atoms with Crippen molar-refractivity contribution in [3.8, 4) is 17.2 Å². The van der Waals surface area contributed by atoms with E-state index in [-0.39, 0.29) is 0 Å².